The van der Waals surface area contributed by atoms with Gasteiger partial charge in [0.05, 0.1) is 23.1 Å². The first-order valence-electron chi connectivity index (χ1n) is 7.46. The van der Waals surface area contributed by atoms with Crippen LogP contribution in [0.4, 0.5) is 11.4 Å². The van der Waals surface area contributed by atoms with Crippen molar-refractivity contribution in [3.8, 4) is 5.88 Å². The highest BCUT2D eigenvalue weighted by Crippen LogP contribution is 2.32. The van der Waals surface area contributed by atoms with Crippen LogP contribution in [0, 0.1) is 0 Å². The van der Waals surface area contributed by atoms with Crippen LogP contribution in [-0.2, 0) is 4.79 Å². The summed E-state index contributed by atoms with van der Waals surface area (Å²) in [4.78, 5) is 14.3. The van der Waals surface area contributed by atoms with Crippen LogP contribution in [0.2, 0.25) is 0 Å². The Morgan fingerprint density at radius 1 is 1.29 bits per heavy atom. The van der Waals surface area contributed by atoms with Crippen LogP contribution in [0.25, 0.3) is 23.2 Å². The number of hydrogen-bond acceptors (Lipinski definition) is 4. The number of H-pyrrole nitrogens is 1. The fraction of sp³-hybridized carbons (Fsp3) is 0.0556. The summed E-state index contributed by atoms with van der Waals surface area (Å²) in [6.45, 7) is 1.45. The number of carbonyl (C=O) groups is 1. The fourth-order valence-corrected chi connectivity index (χ4v) is 2.83. The molecule has 0 atom stereocenters. The number of fused-ring (bicyclic) bond motifs is 2. The largest absolute Gasteiger partial charge is 0.494 e. The Bertz CT molecular complexity index is 1130. The van der Waals surface area contributed by atoms with E-state index in [1.54, 1.807) is 12.3 Å². The minimum atomic E-state index is -0.164. The van der Waals surface area contributed by atoms with Crippen molar-refractivity contribution in [2.24, 2.45) is 10.2 Å². The smallest absolute Gasteiger partial charge is 0.221 e. The quantitative estimate of drug-likeness (QED) is 0.677. The first-order valence-corrected chi connectivity index (χ1v) is 7.46. The molecule has 6 nitrogen and oxygen atoms in total. The van der Waals surface area contributed by atoms with Crippen LogP contribution in [0.1, 0.15) is 12.5 Å². The SMILES string of the molecule is CC(=O)Nc1cccc2c(C=c3ccc4c(c3)N=NC=4)c(O)[nH]c12. The van der Waals surface area contributed by atoms with Gasteiger partial charge in [0.25, 0.3) is 0 Å². The second kappa shape index (κ2) is 5.34. The van der Waals surface area contributed by atoms with Crippen LogP contribution < -0.4 is 15.8 Å². The Balaban J connectivity index is 1.90. The molecule has 3 N–H and O–H groups in total. The number of anilines is 1. The molecule has 0 unspecified atom stereocenters. The van der Waals surface area contributed by atoms with Crippen molar-refractivity contribution in [2.45, 2.75) is 6.92 Å². The predicted octanol–water partition coefficient (Wildman–Crippen LogP) is 2.50. The number of nitrogens with one attached hydrogen (secondary N) is 2. The van der Waals surface area contributed by atoms with E-state index in [4.69, 9.17) is 0 Å². The summed E-state index contributed by atoms with van der Waals surface area (Å²) in [5.74, 6) is -0.112. The lowest BCUT2D eigenvalue weighted by Gasteiger charge is -2.03. The molecule has 1 aliphatic rings. The average Bonchev–Trinajstić information content (AvgIpc) is 3.13. The number of rotatable bonds is 2. The van der Waals surface area contributed by atoms with Gasteiger partial charge in [0.1, 0.15) is 0 Å². The number of amides is 1. The predicted molar refractivity (Wildman–Crippen MR) is 92.5 cm³/mol. The molecule has 4 rings (SSSR count). The highest BCUT2D eigenvalue weighted by atomic mass is 16.3. The molecule has 0 bridgehead atoms. The lowest BCUT2D eigenvalue weighted by Crippen LogP contribution is -2.06. The van der Waals surface area contributed by atoms with Crippen molar-refractivity contribution in [2.75, 3.05) is 5.32 Å². The Morgan fingerprint density at radius 3 is 3.00 bits per heavy atom. The van der Waals surface area contributed by atoms with Gasteiger partial charge in [0.15, 0.2) is 5.88 Å². The molecule has 0 saturated heterocycles. The Labute approximate surface area is 136 Å². The van der Waals surface area contributed by atoms with Gasteiger partial charge in [0, 0.05) is 23.1 Å². The fourth-order valence-electron chi connectivity index (χ4n) is 2.83. The van der Waals surface area contributed by atoms with Crippen LogP contribution in [0.3, 0.4) is 0 Å². The van der Waals surface area contributed by atoms with E-state index in [-0.39, 0.29) is 11.8 Å². The second-order valence-corrected chi connectivity index (χ2v) is 5.60. The maximum atomic E-state index is 11.3. The number of aromatic hydroxyl groups is 1. The number of benzene rings is 2. The van der Waals surface area contributed by atoms with Crippen molar-refractivity contribution >= 4 is 40.5 Å². The van der Waals surface area contributed by atoms with E-state index in [0.29, 0.717) is 16.8 Å². The van der Waals surface area contributed by atoms with E-state index >= 15 is 0 Å². The van der Waals surface area contributed by atoms with Crippen LogP contribution in [-0.4, -0.2) is 16.0 Å². The highest BCUT2D eigenvalue weighted by Gasteiger charge is 2.12. The van der Waals surface area contributed by atoms with E-state index in [0.717, 1.165) is 21.5 Å². The van der Waals surface area contributed by atoms with Crippen molar-refractivity contribution in [3.63, 3.8) is 0 Å². The van der Waals surface area contributed by atoms with Gasteiger partial charge in [0.2, 0.25) is 5.91 Å². The first kappa shape index (κ1) is 14.2. The molecule has 2 heterocycles. The molecular formula is C18H14N4O2. The molecule has 3 aromatic rings. The van der Waals surface area contributed by atoms with Crippen LogP contribution in [0.15, 0.2) is 46.6 Å². The van der Waals surface area contributed by atoms with Crippen molar-refractivity contribution in [3.05, 3.63) is 52.4 Å². The van der Waals surface area contributed by atoms with Gasteiger partial charge in [-0.2, -0.15) is 10.2 Å². The average molecular weight is 318 g/mol. The molecule has 0 radical (unpaired) electrons. The summed E-state index contributed by atoms with van der Waals surface area (Å²) in [5.41, 5.74) is 2.79. The number of carbonyl (C=O) groups excluding carboxylic acids is 1. The summed E-state index contributed by atoms with van der Waals surface area (Å²) in [5, 5.41) is 23.7. The maximum absolute atomic E-state index is 11.3. The van der Waals surface area contributed by atoms with E-state index in [2.05, 4.69) is 20.5 Å². The van der Waals surface area contributed by atoms with E-state index in [1.165, 1.54) is 6.92 Å². The Kier molecular flexibility index (Phi) is 3.16. The Hall–Kier alpha value is -3.41. The summed E-state index contributed by atoms with van der Waals surface area (Å²) in [7, 11) is 0. The third-order valence-electron chi connectivity index (χ3n) is 3.89. The van der Waals surface area contributed by atoms with Gasteiger partial charge < -0.3 is 15.4 Å². The van der Waals surface area contributed by atoms with E-state index < -0.39 is 0 Å². The van der Waals surface area contributed by atoms with Crippen LogP contribution >= 0.6 is 0 Å². The molecule has 0 fully saturated rings. The van der Waals surface area contributed by atoms with Crippen molar-refractivity contribution in [1.82, 2.24) is 4.98 Å². The Morgan fingerprint density at radius 2 is 2.17 bits per heavy atom. The zero-order valence-electron chi connectivity index (χ0n) is 12.9. The standard InChI is InChI=1S/C18H14N4O2/c1-10(23)20-15-4-2-3-13-14(18(24)21-17(13)15)7-11-5-6-12-9-19-22-16(12)8-11/h2-9,21,24H,1H3,(H,20,23). The summed E-state index contributed by atoms with van der Waals surface area (Å²) in [6.07, 6.45) is 3.59. The summed E-state index contributed by atoms with van der Waals surface area (Å²) >= 11 is 0. The number of aromatic amines is 1. The molecule has 6 heteroatoms. The number of aromatic nitrogens is 1. The van der Waals surface area contributed by atoms with Gasteiger partial charge in [-0.05, 0) is 23.4 Å². The topological polar surface area (TPSA) is 89.8 Å². The van der Waals surface area contributed by atoms with Crippen molar-refractivity contribution < 1.29 is 9.90 Å². The van der Waals surface area contributed by atoms with Gasteiger partial charge in [-0.1, -0.05) is 24.3 Å². The third kappa shape index (κ3) is 2.34. The van der Waals surface area contributed by atoms with Gasteiger partial charge >= 0.3 is 0 Å². The minimum Gasteiger partial charge on any atom is -0.494 e. The molecule has 24 heavy (non-hydrogen) atoms. The molecule has 2 aromatic carbocycles. The van der Waals surface area contributed by atoms with Crippen LogP contribution in [0.5, 0.6) is 5.88 Å². The molecule has 1 aromatic heterocycles. The summed E-state index contributed by atoms with van der Waals surface area (Å²) in [6, 6.07) is 11.3. The molecule has 118 valence electrons. The normalized spacial score (nSPS) is 13.1. The molecule has 0 spiro atoms. The number of nitrogens with zero attached hydrogens (tertiary/aromatic N) is 2. The third-order valence-corrected chi connectivity index (χ3v) is 3.89. The molecule has 1 aliphatic heterocycles. The lowest BCUT2D eigenvalue weighted by atomic mass is 10.1. The van der Waals surface area contributed by atoms with E-state index in [9.17, 15) is 9.90 Å². The lowest BCUT2D eigenvalue weighted by molar-refractivity contribution is -0.114. The van der Waals surface area contributed by atoms with Crippen molar-refractivity contribution in [1.29, 1.82) is 0 Å². The minimum absolute atomic E-state index is 0.0523. The zero-order valence-corrected chi connectivity index (χ0v) is 12.9. The second-order valence-electron chi connectivity index (χ2n) is 5.60. The van der Waals surface area contributed by atoms with Gasteiger partial charge in [-0.15, -0.1) is 0 Å². The molecule has 1 amide bonds. The van der Waals surface area contributed by atoms with E-state index in [1.807, 2.05) is 36.4 Å². The number of para-hydroxylation sites is 1. The number of azo groups is 1. The zero-order chi connectivity index (χ0) is 16.7. The molecule has 0 aliphatic carbocycles. The van der Waals surface area contributed by atoms with Gasteiger partial charge in [-0.25, -0.2) is 0 Å². The van der Waals surface area contributed by atoms with Gasteiger partial charge in [-0.3, -0.25) is 4.79 Å². The first-order chi connectivity index (χ1) is 11.6. The highest BCUT2D eigenvalue weighted by molar-refractivity contribution is 6.03. The molecular weight excluding hydrogens is 304 g/mol. The maximum Gasteiger partial charge on any atom is 0.221 e. The molecule has 0 saturated carbocycles. The number of hydrogen-bond donors (Lipinski definition) is 3. The summed E-state index contributed by atoms with van der Waals surface area (Å²) < 4.78 is 0. The monoisotopic (exact) mass is 318 g/mol.